The normalized spacial score (nSPS) is 22.0. The first-order chi connectivity index (χ1) is 15.3. The predicted octanol–water partition coefficient (Wildman–Crippen LogP) is 2.16. The van der Waals surface area contributed by atoms with Gasteiger partial charge in [0.15, 0.2) is 0 Å². The van der Waals surface area contributed by atoms with Crippen LogP contribution in [0.15, 0.2) is 42.6 Å². The van der Waals surface area contributed by atoms with Crippen LogP contribution < -0.4 is 9.64 Å². The number of nitrogens with zero attached hydrogens (tertiary/aromatic N) is 4. The Balaban J connectivity index is 1.21. The Labute approximate surface area is 183 Å². The maximum atomic E-state index is 12.9. The summed E-state index contributed by atoms with van der Waals surface area (Å²) in [6.07, 6.45) is 2.68. The molecule has 7 heteroatoms. The SMILES string of the molecule is O=C(C1CCOC1)N1CCOc2ccc(CN3CCN(c4ccccn4)CC3)cc2C1. The summed E-state index contributed by atoms with van der Waals surface area (Å²) in [7, 11) is 0. The number of carbonyl (C=O) groups is 1. The third-order valence-corrected chi connectivity index (χ3v) is 6.45. The van der Waals surface area contributed by atoms with Crippen LogP contribution in [0.2, 0.25) is 0 Å². The van der Waals surface area contributed by atoms with Crippen LogP contribution in [-0.4, -0.2) is 73.2 Å². The highest BCUT2D eigenvalue weighted by atomic mass is 16.5. The fourth-order valence-electron chi connectivity index (χ4n) is 4.66. The van der Waals surface area contributed by atoms with Crippen LogP contribution in [0.3, 0.4) is 0 Å². The van der Waals surface area contributed by atoms with E-state index in [2.05, 4.69) is 39.0 Å². The van der Waals surface area contributed by atoms with Crippen molar-refractivity contribution in [2.24, 2.45) is 5.92 Å². The van der Waals surface area contributed by atoms with Crippen molar-refractivity contribution in [3.8, 4) is 5.75 Å². The number of carbonyl (C=O) groups excluding carboxylic acids is 1. The average Bonchev–Trinajstić information content (AvgIpc) is 3.27. The van der Waals surface area contributed by atoms with Crippen molar-refractivity contribution < 1.29 is 14.3 Å². The second-order valence-electron chi connectivity index (χ2n) is 8.56. The molecule has 2 fully saturated rings. The quantitative estimate of drug-likeness (QED) is 0.753. The van der Waals surface area contributed by atoms with Crippen LogP contribution in [0, 0.1) is 5.92 Å². The largest absolute Gasteiger partial charge is 0.491 e. The zero-order valence-corrected chi connectivity index (χ0v) is 17.9. The number of pyridine rings is 1. The van der Waals surface area contributed by atoms with E-state index in [1.807, 2.05) is 23.2 Å². The summed E-state index contributed by atoms with van der Waals surface area (Å²) in [5, 5.41) is 0. The summed E-state index contributed by atoms with van der Waals surface area (Å²) in [6.45, 7) is 7.93. The van der Waals surface area contributed by atoms with Gasteiger partial charge in [0, 0.05) is 57.6 Å². The molecule has 1 unspecified atom stereocenters. The summed E-state index contributed by atoms with van der Waals surface area (Å²) < 4.78 is 11.4. The van der Waals surface area contributed by atoms with Crippen molar-refractivity contribution in [3.63, 3.8) is 0 Å². The molecule has 0 saturated carbocycles. The number of ether oxygens (including phenoxy) is 2. The van der Waals surface area contributed by atoms with Crippen molar-refractivity contribution in [1.82, 2.24) is 14.8 Å². The molecule has 0 radical (unpaired) electrons. The standard InChI is InChI=1S/C24H30N4O3/c29-24(20-6-13-30-18-20)28-12-14-31-22-5-4-19(15-21(22)17-28)16-26-8-10-27(11-9-26)23-3-1-2-7-25-23/h1-5,7,15,20H,6,8-14,16-18H2. The highest BCUT2D eigenvalue weighted by Crippen LogP contribution is 2.27. The van der Waals surface area contributed by atoms with Crippen molar-refractivity contribution in [3.05, 3.63) is 53.7 Å². The van der Waals surface area contributed by atoms with Crippen molar-refractivity contribution in [2.75, 3.05) is 57.4 Å². The molecule has 1 aromatic heterocycles. The molecule has 0 aliphatic carbocycles. The number of anilines is 1. The number of rotatable bonds is 4. The van der Waals surface area contributed by atoms with E-state index >= 15 is 0 Å². The fraction of sp³-hybridized carbons (Fsp3) is 0.500. The third-order valence-electron chi connectivity index (χ3n) is 6.45. The maximum Gasteiger partial charge on any atom is 0.228 e. The van der Waals surface area contributed by atoms with E-state index in [0.29, 0.717) is 32.9 Å². The highest BCUT2D eigenvalue weighted by molar-refractivity contribution is 5.79. The number of amides is 1. The van der Waals surface area contributed by atoms with Crippen molar-refractivity contribution in [2.45, 2.75) is 19.5 Å². The molecule has 0 spiro atoms. The van der Waals surface area contributed by atoms with Gasteiger partial charge in [-0.05, 0) is 36.2 Å². The molecular formula is C24H30N4O3. The minimum absolute atomic E-state index is 0.000123. The number of aromatic nitrogens is 1. The zero-order chi connectivity index (χ0) is 21.0. The Morgan fingerprint density at radius 1 is 1.06 bits per heavy atom. The topological polar surface area (TPSA) is 58.1 Å². The molecule has 1 aromatic carbocycles. The second kappa shape index (κ2) is 9.24. The van der Waals surface area contributed by atoms with E-state index < -0.39 is 0 Å². The Morgan fingerprint density at radius 3 is 2.74 bits per heavy atom. The number of fused-ring (bicyclic) bond motifs is 1. The molecule has 4 heterocycles. The molecule has 2 saturated heterocycles. The van der Waals surface area contributed by atoms with Gasteiger partial charge in [-0.15, -0.1) is 0 Å². The lowest BCUT2D eigenvalue weighted by atomic mass is 10.1. The lowest BCUT2D eigenvalue weighted by molar-refractivity contribution is -0.136. The van der Waals surface area contributed by atoms with Crippen LogP contribution in [0.4, 0.5) is 5.82 Å². The lowest BCUT2D eigenvalue weighted by Crippen LogP contribution is -2.46. The molecule has 0 N–H and O–H groups in total. The molecule has 0 bridgehead atoms. The summed E-state index contributed by atoms with van der Waals surface area (Å²) >= 11 is 0. The monoisotopic (exact) mass is 422 g/mol. The third kappa shape index (κ3) is 4.67. The van der Waals surface area contributed by atoms with Crippen LogP contribution in [0.25, 0.3) is 0 Å². The number of hydrogen-bond acceptors (Lipinski definition) is 6. The summed E-state index contributed by atoms with van der Waals surface area (Å²) in [6, 6.07) is 12.5. The molecule has 1 amide bonds. The van der Waals surface area contributed by atoms with Gasteiger partial charge in [0.2, 0.25) is 5.91 Å². The van der Waals surface area contributed by atoms with E-state index in [1.165, 1.54) is 5.56 Å². The summed E-state index contributed by atoms with van der Waals surface area (Å²) in [5.74, 6) is 2.16. The van der Waals surface area contributed by atoms with Gasteiger partial charge in [0.05, 0.1) is 19.1 Å². The van der Waals surface area contributed by atoms with Crippen LogP contribution in [0.5, 0.6) is 5.75 Å². The van der Waals surface area contributed by atoms with E-state index in [0.717, 1.165) is 56.3 Å². The molecular weight excluding hydrogens is 392 g/mol. The Hall–Kier alpha value is -2.64. The minimum Gasteiger partial charge on any atom is -0.491 e. The zero-order valence-electron chi connectivity index (χ0n) is 17.9. The van der Waals surface area contributed by atoms with Crippen LogP contribution >= 0.6 is 0 Å². The van der Waals surface area contributed by atoms with Gasteiger partial charge in [-0.25, -0.2) is 4.98 Å². The molecule has 31 heavy (non-hydrogen) atoms. The van der Waals surface area contributed by atoms with Crippen molar-refractivity contribution >= 4 is 11.7 Å². The summed E-state index contributed by atoms with van der Waals surface area (Å²) in [5.41, 5.74) is 2.38. The number of hydrogen-bond donors (Lipinski definition) is 0. The van der Waals surface area contributed by atoms with E-state index in [9.17, 15) is 4.79 Å². The van der Waals surface area contributed by atoms with Gasteiger partial charge < -0.3 is 19.3 Å². The van der Waals surface area contributed by atoms with Crippen LogP contribution in [-0.2, 0) is 22.6 Å². The lowest BCUT2D eigenvalue weighted by Gasteiger charge is -2.35. The van der Waals surface area contributed by atoms with Gasteiger partial charge in [-0.3, -0.25) is 9.69 Å². The predicted molar refractivity (Wildman–Crippen MR) is 118 cm³/mol. The molecule has 164 valence electrons. The molecule has 1 atom stereocenters. The smallest absolute Gasteiger partial charge is 0.228 e. The summed E-state index contributed by atoms with van der Waals surface area (Å²) in [4.78, 5) is 24.1. The minimum atomic E-state index is 0.000123. The molecule has 5 rings (SSSR count). The Morgan fingerprint density at radius 2 is 1.97 bits per heavy atom. The molecule has 7 nitrogen and oxygen atoms in total. The first-order valence-electron chi connectivity index (χ1n) is 11.3. The van der Waals surface area contributed by atoms with Crippen molar-refractivity contribution in [1.29, 1.82) is 0 Å². The van der Waals surface area contributed by atoms with E-state index in [-0.39, 0.29) is 11.8 Å². The Kier molecular flexibility index (Phi) is 6.04. The Bertz CT molecular complexity index is 893. The number of benzene rings is 1. The molecule has 2 aromatic rings. The molecule has 3 aliphatic heterocycles. The average molecular weight is 423 g/mol. The molecule has 3 aliphatic rings. The van der Waals surface area contributed by atoms with Gasteiger partial charge in [-0.1, -0.05) is 12.1 Å². The van der Waals surface area contributed by atoms with Gasteiger partial charge in [0.1, 0.15) is 18.2 Å². The fourth-order valence-corrected chi connectivity index (χ4v) is 4.66. The van der Waals surface area contributed by atoms with E-state index in [1.54, 1.807) is 0 Å². The first kappa shape index (κ1) is 20.3. The van der Waals surface area contributed by atoms with Gasteiger partial charge in [-0.2, -0.15) is 0 Å². The van der Waals surface area contributed by atoms with E-state index in [4.69, 9.17) is 9.47 Å². The highest BCUT2D eigenvalue weighted by Gasteiger charge is 2.29. The number of piperazine rings is 1. The van der Waals surface area contributed by atoms with Gasteiger partial charge in [0.25, 0.3) is 0 Å². The van der Waals surface area contributed by atoms with Crippen LogP contribution in [0.1, 0.15) is 17.5 Å². The second-order valence-corrected chi connectivity index (χ2v) is 8.56. The maximum absolute atomic E-state index is 12.9. The first-order valence-corrected chi connectivity index (χ1v) is 11.3. The van der Waals surface area contributed by atoms with Gasteiger partial charge >= 0.3 is 0 Å².